The maximum atomic E-state index is 11.8. The van der Waals surface area contributed by atoms with Crippen molar-refractivity contribution in [1.29, 1.82) is 0 Å². The van der Waals surface area contributed by atoms with Gasteiger partial charge in [0.05, 0.1) is 5.97 Å². The van der Waals surface area contributed by atoms with Crippen LogP contribution in [0.2, 0.25) is 0 Å². The van der Waals surface area contributed by atoms with Crippen LogP contribution in [0, 0.1) is 5.92 Å². The topological polar surface area (TPSA) is 69.2 Å². The molecule has 0 atom stereocenters. The first-order valence-corrected chi connectivity index (χ1v) is 7.26. The monoisotopic (exact) mass is 274 g/mol. The summed E-state index contributed by atoms with van der Waals surface area (Å²) in [6.07, 6.45) is 7.87. The molecule has 1 aliphatic carbocycles. The zero-order chi connectivity index (χ0) is 14.4. The van der Waals surface area contributed by atoms with E-state index in [9.17, 15) is 14.7 Å². The van der Waals surface area contributed by atoms with Crippen LogP contribution in [0.1, 0.15) is 55.3 Å². The SMILES string of the molecule is O=C(CCC1CCCCC1)Nc1ccc(C(=O)[O-])cc1. The molecule has 4 heteroatoms. The summed E-state index contributed by atoms with van der Waals surface area (Å²) in [6, 6.07) is 6.05. The third-order valence-electron chi connectivity index (χ3n) is 3.91. The molecule has 0 radical (unpaired) electrons. The molecular weight excluding hydrogens is 254 g/mol. The van der Waals surface area contributed by atoms with Crippen LogP contribution in [0.4, 0.5) is 5.69 Å². The van der Waals surface area contributed by atoms with E-state index in [0.717, 1.165) is 6.42 Å². The van der Waals surface area contributed by atoms with Gasteiger partial charge < -0.3 is 15.2 Å². The highest BCUT2D eigenvalue weighted by Crippen LogP contribution is 2.27. The fourth-order valence-corrected chi connectivity index (χ4v) is 2.72. The number of rotatable bonds is 5. The minimum absolute atomic E-state index is 0.00299. The third kappa shape index (κ3) is 4.37. The fourth-order valence-electron chi connectivity index (χ4n) is 2.72. The van der Waals surface area contributed by atoms with Crippen LogP contribution < -0.4 is 10.4 Å². The van der Waals surface area contributed by atoms with Gasteiger partial charge >= 0.3 is 0 Å². The largest absolute Gasteiger partial charge is 0.545 e. The van der Waals surface area contributed by atoms with E-state index in [1.807, 2.05) is 0 Å². The highest BCUT2D eigenvalue weighted by Gasteiger charge is 2.14. The van der Waals surface area contributed by atoms with Gasteiger partial charge in [0.2, 0.25) is 5.91 Å². The highest BCUT2D eigenvalue weighted by molar-refractivity contribution is 5.92. The number of benzene rings is 1. The maximum absolute atomic E-state index is 11.8. The molecule has 1 N–H and O–H groups in total. The molecule has 0 aromatic heterocycles. The van der Waals surface area contributed by atoms with E-state index in [1.165, 1.54) is 44.2 Å². The van der Waals surface area contributed by atoms with E-state index in [4.69, 9.17) is 0 Å². The molecule has 108 valence electrons. The number of anilines is 1. The summed E-state index contributed by atoms with van der Waals surface area (Å²) in [4.78, 5) is 22.4. The van der Waals surface area contributed by atoms with Gasteiger partial charge in [-0.15, -0.1) is 0 Å². The minimum Gasteiger partial charge on any atom is -0.545 e. The van der Waals surface area contributed by atoms with Crippen molar-refractivity contribution in [3.63, 3.8) is 0 Å². The number of carbonyl (C=O) groups is 2. The van der Waals surface area contributed by atoms with Crippen LogP contribution in [0.15, 0.2) is 24.3 Å². The standard InChI is InChI=1S/C16H21NO3/c18-15(11-6-12-4-2-1-3-5-12)17-14-9-7-13(8-10-14)16(19)20/h7-10,12H,1-6,11H2,(H,17,18)(H,19,20)/p-1. The molecule has 1 saturated carbocycles. The lowest BCUT2D eigenvalue weighted by Gasteiger charge is -2.21. The Morgan fingerprint density at radius 2 is 1.75 bits per heavy atom. The van der Waals surface area contributed by atoms with E-state index >= 15 is 0 Å². The Labute approximate surface area is 119 Å². The highest BCUT2D eigenvalue weighted by atomic mass is 16.4. The number of aromatic carboxylic acids is 1. The molecule has 0 aliphatic heterocycles. The van der Waals surface area contributed by atoms with Crippen LogP contribution in [0.5, 0.6) is 0 Å². The smallest absolute Gasteiger partial charge is 0.224 e. The number of hydrogen-bond donors (Lipinski definition) is 1. The molecule has 20 heavy (non-hydrogen) atoms. The first-order chi connectivity index (χ1) is 9.65. The van der Waals surface area contributed by atoms with E-state index in [2.05, 4.69) is 5.32 Å². The van der Waals surface area contributed by atoms with Crippen molar-refractivity contribution in [2.75, 3.05) is 5.32 Å². The van der Waals surface area contributed by atoms with Crippen LogP contribution in [0.3, 0.4) is 0 Å². The lowest BCUT2D eigenvalue weighted by atomic mass is 9.86. The van der Waals surface area contributed by atoms with Crippen LogP contribution in [0.25, 0.3) is 0 Å². The zero-order valence-corrected chi connectivity index (χ0v) is 11.6. The number of carboxylic acid groups (broad SMARTS) is 1. The number of hydrogen-bond acceptors (Lipinski definition) is 3. The number of nitrogens with one attached hydrogen (secondary N) is 1. The molecule has 2 rings (SSSR count). The van der Waals surface area contributed by atoms with Gasteiger partial charge in [-0.2, -0.15) is 0 Å². The molecule has 1 aliphatic rings. The van der Waals surface area contributed by atoms with Crippen molar-refractivity contribution in [2.24, 2.45) is 5.92 Å². The fraction of sp³-hybridized carbons (Fsp3) is 0.500. The van der Waals surface area contributed by atoms with Gasteiger partial charge in [0, 0.05) is 12.1 Å². The molecule has 0 heterocycles. The zero-order valence-electron chi connectivity index (χ0n) is 11.6. The van der Waals surface area contributed by atoms with Crippen LogP contribution in [-0.2, 0) is 4.79 Å². The summed E-state index contributed by atoms with van der Waals surface area (Å²) < 4.78 is 0. The van der Waals surface area contributed by atoms with Gasteiger partial charge in [-0.05, 0) is 30.0 Å². The van der Waals surface area contributed by atoms with E-state index < -0.39 is 5.97 Å². The second-order valence-electron chi connectivity index (χ2n) is 5.46. The first-order valence-electron chi connectivity index (χ1n) is 7.26. The van der Waals surface area contributed by atoms with Gasteiger partial charge in [-0.25, -0.2) is 0 Å². The Kier molecular flexibility index (Phi) is 5.16. The molecular formula is C16H20NO3-. The van der Waals surface area contributed by atoms with E-state index in [1.54, 1.807) is 12.1 Å². The molecule has 1 aromatic carbocycles. The van der Waals surface area contributed by atoms with Gasteiger partial charge in [0.25, 0.3) is 0 Å². The van der Waals surface area contributed by atoms with E-state index in [-0.39, 0.29) is 11.5 Å². The molecule has 0 saturated heterocycles. The van der Waals surface area contributed by atoms with Crippen LogP contribution in [-0.4, -0.2) is 11.9 Å². The summed E-state index contributed by atoms with van der Waals surface area (Å²) >= 11 is 0. The summed E-state index contributed by atoms with van der Waals surface area (Å²) in [6.45, 7) is 0. The molecule has 0 spiro atoms. The number of carbonyl (C=O) groups excluding carboxylic acids is 2. The normalized spacial score (nSPS) is 15.8. The molecule has 1 aromatic rings. The van der Waals surface area contributed by atoms with Crippen LogP contribution >= 0.6 is 0 Å². The van der Waals surface area contributed by atoms with E-state index in [0.29, 0.717) is 18.0 Å². The Morgan fingerprint density at radius 1 is 1.10 bits per heavy atom. The average Bonchev–Trinajstić information content (AvgIpc) is 2.47. The second-order valence-corrected chi connectivity index (χ2v) is 5.46. The lowest BCUT2D eigenvalue weighted by Crippen LogP contribution is -2.22. The summed E-state index contributed by atoms with van der Waals surface area (Å²) in [5.41, 5.74) is 0.744. The Morgan fingerprint density at radius 3 is 2.35 bits per heavy atom. The van der Waals surface area contributed by atoms with Crippen molar-refractivity contribution in [3.05, 3.63) is 29.8 Å². The molecule has 1 fully saturated rings. The maximum Gasteiger partial charge on any atom is 0.224 e. The minimum atomic E-state index is -1.21. The Balaban J connectivity index is 1.77. The van der Waals surface area contributed by atoms with Gasteiger partial charge in [0.15, 0.2) is 0 Å². The van der Waals surface area contributed by atoms with Crippen molar-refractivity contribution >= 4 is 17.6 Å². The molecule has 0 bridgehead atoms. The third-order valence-corrected chi connectivity index (χ3v) is 3.91. The predicted molar refractivity (Wildman–Crippen MR) is 75.2 cm³/mol. The molecule has 0 unspecified atom stereocenters. The number of amides is 1. The lowest BCUT2D eigenvalue weighted by molar-refractivity contribution is -0.255. The summed E-state index contributed by atoms with van der Waals surface area (Å²) in [5.74, 6) is -0.521. The average molecular weight is 274 g/mol. The Bertz CT molecular complexity index is 461. The summed E-state index contributed by atoms with van der Waals surface area (Å²) in [7, 11) is 0. The predicted octanol–water partition coefficient (Wildman–Crippen LogP) is 2.35. The number of carboxylic acids is 1. The molecule has 1 amide bonds. The Hall–Kier alpha value is -1.84. The second kappa shape index (κ2) is 7.08. The van der Waals surface area contributed by atoms with Crippen molar-refractivity contribution in [1.82, 2.24) is 0 Å². The summed E-state index contributed by atoms with van der Waals surface area (Å²) in [5, 5.41) is 13.4. The molecule has 4 nitrogen and oxygen atoms in total. The van der Waals surface area contributed by atoms with Crippen molar-refractivity contribution < 1.29 is 14.7 Å². The van der Waals surface area contributed by atoms with Gasteiger partial charge in [-0.3, -0.25) is 4.79 Å². The van der Waals surface area contributed by atoms with Gasteiger partial charge in [-0.1, -0.05) is 44.2 Å². The van der Waals surface area contributed by atoms with Crippen molar-refractivity contribution in [3.8, 4) is 0 Å². The quantitative estimate of drug-likeness (QED) is 0.896. The van der Waals surface area contributed by atoms with Gasteiger partial charge in [0.1, 0.15) is 0 Å². The first kappa shape index (κ1) is 14.6. The van der Waals surface area contributed by atoms with Crippen molar-refractivity contribution in [2.45, 2.75) is 44.9 Å².